The predicted octanol–water partition coefficient (Wildman–Crippen LogP) is 3.01. The van der Waals surface area contributed by atoms with E-state index in [-0.39, 0.29) is 5.56 Å². The summed E-state index contributed by atoms with van der Waals surface area (Å²) in [5, 5.41) is 8.61. The second kappa shape index (κ2) is 4.11. The summed E-state index contributed by atoms with van der Waals surface area (Å²) in [6.45, 7) is 0. The fraction of sp³-hybridized carbons (Fsp3) is 0.125. The second-order valence-electron chi connectivity index (χ2n) is 2.27. The molecule has 1 aromatic rings. The number of aromatic carboxylic acids is 1. The predicted molar refractivity (Wildman–Crippen MR) is 52.8 cm³/mol. The summed E-state index contributed by atoms with van der Waals surface area (Å²) in [4.78, 5) is 11.2. The maximum absolute atomic E-state index is 13.0. The SMILES string of the molecule is CSc1cc(C(=O)O)c(F)cc1Br. The van der Waals surface area contributed by atoms with E-state index in [4.69, 9.17) is 5.11 Å². The van der Waals surface area contributed by atoms with Gasteiger partial charge in [-0.3, -0.25) is 0 Å². The molecule has 2 nitrogen and oxygen atoms in total. The average Bonchev–Trinajstić information content (AvgIpc) is 2.03. The van der Waals surface area contributed by atoms with Crippen molar-refractivity contribution in [1.82, 2.24) is 0 Å². The molecule has 0 aromatic heterocycles. The highest BCUT2D eigenvalue weighted by Crippen LogP contribution is 2.28. The second-order valence-corrected chi connectivity index (χ2v) is 3.97. The van der Waals surface area contributed by atoms with Crippen molar-refractivity contribution >= 4 is 33.7 Å². The van der Waals surface area contributed by atoms with Gasteiger partial charge in [0.1, 0.15) is 5.82 Å². The van der Waals surface area contributed by atoms with Gasteiger partial charge in [0.25, 0.3) is 0 Å². The summed E-state index contributed by atoms with van der Waals surface area (Å²) >= 11 is 4.50. The molecule has 0 spiro atoms. The highest BCUT2D eigenvalue weighted by atomic mass is 79.9. The third-order valence-corrected chi connectivity index (χ3v) is 3.17. The highest BCUT2D eigenvalue weighted by molar-refractivity contribution is 9.10. The number of hydrogen-bond acceptors (Lipinski definition) is 2. The van der Waals surface area contributed by atoms with Crippen molar-refractivity contribution in [1.29, 1.82) is 0 Å². The van der Waals surface area contributed by atoms with Gasteiger partial charge in [-0.05, 0) is 34.3 Å². The van der Waals surface area contributed by atoms with Crippen molar-refractivity contribution < 1.29 is 14.3 Å². The lowest BCUT2D eigenvalue weighted by Gasteiger charge is -2.03. The number of halogens is 2. The largest absolute Gasteiger partial charge is 0.478 e. The van der Waals surface area contributed by atoms with Gasteiger partial charge < -0.3 is 5.11 Å². The van der Waals surface area contributed by atoms with Gasteiger partial charge in [0.2, 0.25) is 0 Å². The Hall–Kier alpha value is -0.550. The van der Waals surface area contributed by atoms with E-state index in [1.54, 1.807) is 6.26 Å². The van der Waals surface area contributed by atoms with Gasteiger partial charge >= 0.3 is 5.97 Å². The Morgan fingerprint density at radius 3 is 2.69 bits per heavy atom. The van der Waals surface area contributed by atoms with Gasteiger partial charge in [0.05, 0.1) is 5.56 Å². The minimum Gasteiger partial charge on any atom is -0.478 e. The summed E-state index contributed by atoms with van der Waals surface area (Å²) < 4.78 is 13.6. The number of benzene rings is 1. The molecule has 0 aliphatic rings. The van der Waals surface area contributed by atoms with E-state index >= 15 is 0 Å². The van der Waals surface area contributed by atoms with E-state index < -0.39 is 11.8 Å². The molecule has 0 radical (unpaired) electrons. The summed E-state index contributed by atoms with van der Waals surface area (Å²) in [5.74, 6) is -1.97. The maximum Gasteiger partial charge on any atom is 0.338 e. The Balaban J connectivity index is 3.30. The quantitative estimate of drug-likeness (QED) is 0.835. The number of thioether (sulfide) groups is 1. The van der Waals surface area contributed by atoms with Crippen molar-refractivity contribution in [3.8, 4) is 0 Å². The summed E-state index contributed by atoms with van der Waals surface area (Å²) in [6.07, 6.45) is 1.80. The standard InChI is InChI=1S/C8H6BrFO2S/c1-13-7-2-4(8(11)12)6(10)3-5(7)9/h2-3H,1H3,(H,11,12). The van der Waals surface area contributed by atoms with Crippen LogP contribution >= 0.6 is 27.7 Å². The van der Waals surface area contributed by atoms with Crippen molar-refractivity contribution in [2.45, 2.75) is 4.90 Å². The Bertz CT molecular complexity index is 354. The van der Waals surface area contributed by atoms with Crippen molar-refractivity contribution in [3.05, 3.63) is 28.0 Å². The van der Waals surface area contributed by atoms with Crippen LogP contribution in [0, 0.1) is 5.82 Å². The average molecular weight is 265 g/mol. The van der Waals surface area contributed by atoms with Crippen LogP contribution in [0.15, 0.2) is 21.5 Å². The van der Waals surface area contributed by atoms with Crippen molar-refractivity contribution in [2.75, 3.05) is 6.26 Å². The van der Waals surface area contributed by atoms with Gasteiger partial charge in [-0.2, -0.15) is 0 Å². The van der Waals surface area contributed by atoms with E-state index in [1.807, 2.05) is 0 Å². The molecule has 0 aliphatic heterocycles. The monoisotopic (exact) mass is 264 g/mol. The number of hydrogen-bond donors (Lipinski definition) is 1. The molecule has 13 heavy (non-hydrogen) atoms. The van der Waals surface area contributed by atoms with Crippen LogP contribution < -0.4 is 0 Å². The van der Waals surface area contributed by atoms with Crippen LogP contribution in [0.5, 0.6) is 0 Å². The van der Waals surface area contributed by atoms with E-state index in [1.165, 1.54) is 17.8 Å². The van der Waals surface area contributed by atoms with E-state index in [9.17, 15) is 9.18 Å². The van der Waals surface area contributed by atoms with Crippen LogP contribution in [0.2, 0.25) is 0 Å². The molecule has 0 bridgehead atoms. The Labute approximate surface area is 87.3 Å². The number of carboxylic acid groups (broad SMARTS) is 1. The molecule has 1 aromatic carbocycles. The zero-order chi connectivity index (χ0) is 10.0. The van der Waals surface area contributed by atoms with Crippen LogP contribution in [-0.2, 0) is 0 Å². The molecule has 1 N–H and O–H groups in total. The lowest BCUT2D eigenvalue weighted by Crippen LogP contribution is -2.00. The number of carboxylic acids is 1. The van der Waals surface area contributed by atoms with E-state index in [0.29, 0.717) is 9.37 Å². The first-order chi connectivity index (χ1) is 6.06. The summed E-state index contributed by atoms with van der Waals surface area (Å²) in [5.41, 5.74) is -0.299. The van der Waals surface area contributed by atoms with E-state index in [0.717, 1.165) is 6.07 Å². The Morgan fingerprint density at radius 1 is 1.62 bits per heavy atom. The Kier molecular flexibility index (Phi) is 3.33. The molecule has 0 atom stereocenters. The van der Waals surface area contributed by atoms with Crippen LogP contribution in [0.4, 0.5) is 4.39 Å². The zero-order valence-corrected chi connectivity index (χ0v) is 9.08. The van der Waals surface area contributed by atoms with Crippen LogP contribution in [0.25, 0.3) is 0 Å². The first-order valence-electron chi connectivity index (χ1n) is 3.32. The van der Waals surface area contributed by atoms with Crippen molar-refractivity contribution in [2.24, 2.45) is 0 Å². The summed E-state index contributed by atoms with van der Waals surface area (Å²) in [6, 6.07) is 2.47. The Morgan fingerprint density at radius 2 is 2.23 bits per heavy atom. The lowest BCUT2D eigenvalue weighted by atomic mass is 10.2. The molecular formula is C8H6BrFO2S. The molecule has 1 rings (SSSR count). The minimum absolute atomic E-state index is 0.299. The molecule has 0 saturated carbocycles. The van der Waals surface area contributed by atoms with Crippen LogP contribution in [0.1, 0.15) is 10.4 Å². The molecule has 0 fully saturated rings. The minimum atomic E-state index is -1.25. The number of rotatable bonds is 2. The normalized spacial score (nSPS) is 10.1. The molecule has 0 unspecified atom stereocenters. The fourth-order valence-corrected chi connectivity index (χ4v) is 2.14. The van der Waals surface area contributed by atoms with Crippen LogP contribution in [-0.4, -0.2) is 17.3 Å². The first kappa shape index (κ1) is 10.5. The van der Waals surface area contributed by atoms with Gasteiger partial charge in [-0.1, -0.05) is 0 Å². The smallest absolute Gasteiger partial charge is 0.338 e. The molecule has 0 saturated heterocycles. The molecular weight excluding hydrogens is 259 g/mol. The van der Waals surface area contributed by atoms with Gasteiger partial charge in [-0.15, -0.1) is 11.8 Å². The molecule has 0 heterocycles. The van der Waals surface area contributed by atoms with Gasteiger partial charge in [0.15, 0.2) is 0 Å². The maximum atomic E-state index is 13.0. The topological polar surface area (TPSA) is 37.3 Å². The van der Waals surface area contributed by atoms with E-state index in [2.05, 4.69) is 15.9 Å². The molecule has 0 amide bonds. The first-order valence-corrected chi connectivity index (χ1v) is 5.34. The van der Waals surface area contributed by atoms with Gasteiger partial charge in [-0.25, -0.2) is 9.18 Å². The van der Waals surface area contributed by atoms with Crippen molar-refractivity contribution in [3.63, 3.8) is 0 Å². The fourth-order valence-electron chi connectivity index (χ4n) is 0.849. The summed E-state index contributed by atoms with van der Waals surface area (Å²) in [7, 11) is 0. The third-order valence-electron chi connectivity index (χ3n) is 1.47. The zero-order valence-electron chi connectivity index (χ0n) is 6.67. The van der Waals surface area contributed by atoms with Crippen LogP contribution in [0.3, 0.4) is 0 Å². The number of carbonyl (C=O) groups is 1. The lowest BCUT2D eigenvalue weighted by molar-refractivity contribution is 0.0691. The molecule has 5 heteroatoms. The van der Waals surface area contributed by atoms with Gasteiger partial charge in [0, 0.05) is 9.37 Å². The third kappa shape index (κ3) is 2.22. The highest BCUT2D eigenvalue weighted by Gasteiger charge is 2.13. The molecule has 70 valence electrons. The molecule has 0 aliphatic carbocycles.